The smallest absolute Gasteiger partial charge is 0.0546 e. The minimum Gasteiger partial charge on any atom is -0.393 e. The van der Waals surface area contributed by atoms with Gasteiger partial charge in [0.15, 0.2) is 0 Å². The fourth-order valence-electron chi connectivity index (χ4n) is 3.11. The molecule has 1 aromatic carbocycles. The van der Waals surface area contributed by atoms with Gasteiger partial charge in [-0.05, 0) is 49.9 Å². The van der Waals surface area contributed by atoms with Crippen molar-refractivity contribution in [2.75, 3.05) is 13.6 Å². The van der Waals surface area contributed by atoms with Gasteiger partial charge in [-0.15, -0.1) is 0 Å². The van der Waals surface area contributed by atoms with Crippen molar-refractivity contribution in [3.8, 4) is 0 Å². The van der Waals surface area contributed by atoms with Crippen molar-refractivity contribution in [2.24, 2.45) is 11.7 Å². The van der Waals surface area contributed by atoms with Crippen LogP contribution in [0.3, 0.4) is 0 Å². The molecule has 2 unspecified atom stereocenters. The van der Waals surface area contributed by atoms with Crippen LogP contribution >= 0.6 is 11.6 Å². The largest absolute Gasteiger partial charge is 0.393 e. The number of rotatable bonds is 6. The zero-order valence-corrected chi connectivity index (χ0v) is 13.1. The maximum Gasteiger partial charge on any atom is 0.0546 e. The van der Waals surface area contributed by atoms with E-state index in [1.807, 2.05) is 18.2 Å². The first-order valence-electron chi connectivity index (χ1n) is 7.40. The van der Waals surface area contributed by atoms with E-state index in [-0.39, 0.29) is 18.2 Å². The molecule has 20 heavy (non-hydrogen) atoms. The lowest BCUT2D eigenvalue weighted by atomic mass is 9.81. The van der Waals surface area contributed by atoms with Crippen LogP contribution in [0, 0.1) is 5.92 Å². The standard InChI is InChI=1S/C16H25ClN2O/c1-3-15(18)16(12-5-4-6-13(17)9-12)19(2)10-11-7-14(20)8-11/h4-6,9,11,14-16,20H,3,7-8,10,18H2,1-2H3. The first-order chi connectivity index (χ1) is 9.51. The van der Waals surface area contributed by atoms with Crippen molar-refractivity contribution in [1.82, 2.24) is 4.90 Å². The number of aliphatic hydroxyl groups excluding tert-OH is 1. The Hall–Kier alpha value is -0.610. The lowest BCUT2D eigenvalue weighted by Gasteiger charge is -2.39. The summed E-state index contributed by atoms with van der Waals surface area (Å²) in [6.07, 6.45) is 2.65. The zero-order chi connectivity index (χ0) is 14.7. The number of likely N-dealkylation sites (N-methyl/N-ethyl adjacent to an activating group) is 1. The Morgan fingerprint density at radius 2 is 2.15 bits per heavy atom. The van der Waals surface area contributed by atoms with Crippen LogP contribution in [0.15, 0.2) is 24.3 Å². The van der Waals surface area contributed by atoms with Crippen molar-refractivity contribution in [1.29, 1.82) is 0 Å². The van der Waals surface area contributed by atoms with Crippen LogP contribution < -0.4 is 5.73 Å². The fourth-order valence-corrected chi connectivity index (χ4v) is 3.31. The second-order valence-corrected chi connectivity index (χ2v) is 6.44. The zero-order valence-electron chi connectivity index (χ0n) is 12.3. The number of hydrogen-bond donors (Lipinski definition) is 2. The van der Waals surface area contributed by atoms with E-state index in [0.29, 0.717) is 5.92 Å². The number of aliphatic hydroxyl groups is 1. The average Bonchev–Trinajstić information content (AvgIpc) is 2.37. The average molecular weight is 297 g/mol. The van der Waals surface area contributed by atoms with Gasteiger partial charge in [-0.3, -0.25) is 4.90 Å². The molecule has 1 aliphatic rings. The summed E-state index contributed by atoms with van der Waals surface area (Å²) in [5.74, 6) is 0.584. The molecule has 0 aliphatic heterocycles. The van der Waals surface area contributed by atoms with Gasteiger partial charge in [-0.1, -0.05) is 30.7 Å². The van der Waals surface area contributed by atoms with Gasteiger partial charge in [-0.2, -0.15) is 0 Å². The molecule has 0 aromatic heterocycles. The van der Waals surface area contributed by atoms with E-state index >= 15 is 0 Å². The molecule has 1 saturated carbocycles. The van der Waals surface area contributed by atoms with Crippen LogP contribution in [0.1, 0.15) is 37.8 Å². The summed E-state index contributed by atoms with van der Waals surface area (Å²) < 4.78 is 0. The third-order valence-corrected chi connectivity index (χ3v) is 4.53. The maximum absolute atomic E-state index is 9.42. The molecule has 1 aliphatic carbocycles. The Bertz CT molecular complexity index is 434. The van der Waals surface area contributed by atoms with E-state index in [4.69, 9.17) is 17.3 Å². The van der Waals surface area contributed by atoms with E-state index in [1.165, 1.54) is 5.56 Å². The molecule has 0 bridgehead atoms. The number of nitrogens with zero attached hydrogens (tertiary/aromatic N) is 1. The second-order valence-electron chi connectivity index (χ2n) is 6.00. The quantitative estimate of drug-likeness (QED) is 0.849. The van der Waals surface area contributed by atoms with Gasteiger partial charge in [0.2, 0.25) is 0 Å². The summed E-state index contributed by atoms with van der Waals surface area (Å²) in [4.78, 5) is 2.32. The second kappa shape index (κ2) is 6.90. The molecule has 3 nitrogen and oxygen atoms in total. The number of benzene rings is 1. The van der Waals surface area contributed by atoms with Crippen molar-refractivity contribution in [3.63, 3.8) is 0 Å². The predicted molar refractivity (Wildman–Crippen MR) is 83.8 cm³/mol. The predicted octanol–water partition coefficient (Wildman–Crippen LogP) is 2.82. The summed E-state index contributed by atoms with van der Waals surface area (Å²) >= 11 is 6.11. The molecule has 2 rings (SSSR count). The molecule has 0 heterocycles. The molecule has 0 saturated heterocycles. The summed E-state index contributed by atoms with van der Waals surface area (Å²) in [7, 11) is 2.12. The minimum atomic E-state index is -0.0992. The summed E-state index contributed by atoms with van der Waals surface area (Å²) in [6, 6.07) is 8.24. The van der Waals surface area contributed by atoms with Gasteiger partial charge in [0, 0.05) is 23.7 Å². The highest BCUT2D eigenvalue weighted by Gasteiger charge is 2.31. The van der Waals surface area contributed by atoms with Crippen LogP contribution in [-0.4, -0.2) is 35.7 Å². The van der Waals surface area contributed by atoms with Gasteiger partial charge in [0.25, 0.3) is 0 Å². The van der Waals surface area contributed by atoms with Gasteiger partial charge in [-0.25, -0.2) is 0 Å². The van der Waals surface area contributed by atoms with Crippen LogP contribution in [0.25, 0.3) is 0 Å². The summed E-state index contributed by atoms with van der Waals surface area (Å²) in [5, 5.41) is 10.2. The van der Waals surface area contributed by atoms with Crippen molar-refractivity contribution in [2.45, 2.75) is 44.4 Å². The number of nitrogens with two attached hydrogens (primary N) is 1. The van der Waals surface area contributed by atoms with Crippen LogP contribution in [0.5, 0.6) is 0 Å². The molecule has 1 fully saturated rings. The van der Waals surface area contributed by atoms with E-state index < -0.39 is 0 Å². The number of halogens is 1. The van der Waals surface area contributed by atoms with E-state index in [2.05, 4.69) is 24.9 Å². The molecule has 112 valence electrons. The van der Waals surface area contributed by atoms with Crippen LogP contribution in [0.4, 0.5) is 0 Å². The van der Waals surface area contributed by atoms with Gasteiger partial charge >= 0.3 is 0 Å². The molecule has 2 atom stereocenters. The lowest BCUT2D eigenvalue weighted by Crippen LogP contribution is -2.44. The Morgan fingerprint density at radius 3 is 2.70 bits per heavy atom. The molecule has 0 radical (unpaired) electrons. The normalized spacial score (nSPS) is 25.3. The lowest BCUT2D eigenvalue weighted by molar-refractivity contribution is 0.0197. The Morgan fingerprint density at radius 1 is 1.45 bits per heavy atom. The minimum absolute atomic E-state index is 0.0865. The van der Waals surface area contributed by atoms with Gasteiger partial charge < -0.3 is 10.8 Å². The summed E-state index contributed by atoms with van der Waals surface area (Å²) in [6.45, 7) is 3.09. The molecule has 0 spiro atoms. The van der Waals surface area contributed by atoms with E-state index in [1.54, 1.807) is 0 Å². The molecular weight excluding hydrogens is 272 g/mol. The first-order valence-corrected chi connectivity index (χ1v) is 7.78. The van der Waals surface area contributed by atoms with Crippen molar-refractivity contribution < 1.29 is 5.11 Å². The third-order valence-electron chi connectivity index (χ3n) is 4.30. The molecule has 1 aromatic rings. The van der Waals surface area contributed by atoms with Crippen molar-refractivity contribution in [3.05, 3.63) is 34.9 Å². The maximum atomic E-state index is 9.42. The van der Waals surface area contributed by atoms with Gasteiger partial charge in [0.1, 0.15) is 0 Å². The molecule has 0 amide bonds. The first kappa shape index (κ1) is 15.8. The highest BCUT2D eigenvalue weighted by Crippen LogP contribution is 2.32. The highest BCUT2D eigenvalue weighted by atomic mass is 35.5. The Labute approximate surface area is 126 Å². The third kappa shape index (κ3) is 3.73. The Kier molecular flexibility index (Phi) is 5.44. The molecule has 4 heteroatoms. The van der Waals surface area contributed by atoms with E-state index in [9.17, 15) is 5.11 Å². The number of hydrogen-bond acceptors (Lipinski definition) is 3. The highest BCUT2D eigenvalue weighted by molar-refractivity contribution is 6.30. The van der Waals surface area contributed by atoms with E-state index in [0.717, 1.165) is 30.8 Å². The summed E-state index contributed by atoms with van der Waals surface area (Å²) in [5.41, 5.74) is 7.50. The van der Waals surface area contributed by atoms with Crippen molar-refractivity contribution >= 4 is 11.6 Å². The molecular formula is C16H25ClN2O. The Balaban J connectivity index is 2.10. The molecule has 3 N–H and O–H groups in total. The SMILES string of the molecule is CCC(N)C(c1cccc(Cl)c1)N(C)CC1CC(O)C1. The van der Waals surface area contributed by atoms with Crippen LogP contribution in [-0.2, 0) is 0 Å². The van der Waals surface area contributed by atoms with Crippen LogP contribution in [0.2, 0.25) is 5.02 Å². The fraction of sp³-hybridized carbons (Fsp3) is 0.625. The topological polar surface area (TPSA) is 49.5 Å². The van der Waals surface area contributed by atoms with Gasteiger partial charge in [0.05, 0.1) is 6.10 Å². The monoisotopic (exact) mass is 296 g/mol.